The third-order valence-corrected chi connectivity index (χ3v) is 7.70. The Morgan fingerprint density at radius 1 is 0.703 bits per heavy atom. The molecule has 2 heteroatoms. The molecule has 0 aliphatic rings. The number of aryl methyl sites for hydroxylation is 4. The molecule has 37 heavy (non-hydrogen) atoms. The van der Waals surface area contributed by atoms with Crippen LogP contribution in [-0.2, 0) is 32.1 Å². The van der Waals surface area contributed by atoms with Gasteiger partial charge < -0.3 is 0 Å². The standard InChI is InChI=1S/C35H55N2/c1-9-14-18-31-25-29(24-30(13-5)35(31)21-17-12-4)23-28(7)37(8)36-33-22-27(6)34(20-16-11-3)32(26-33)19-15-10-2/h22-26H,9-21H2,1-8H3/q+1. The highest BCUT2D eigenvalue weighted by molar-refractivity contribution is 5.56. The molecule has 2 aromatic carbocycles. The zero-order chi connectivity index (χ0) is 27.2. The maximum Gasteiger partial charge on any atom is 0.205 e. The molecule has 2 aromatic rings. The minimum absolute atomic E-state index is 1.08. The van der Waals surface area contributed by atoms with Gasteiger partial charge in [-0.1, -0.05) is 77.1 Å². The fourth-order valence-electron chi connectivity index (χ4n) is 5.30. The highest BCUT2D eigenvalue weighted by Gasteiger charge is 2.13. The molecule has 0 aliphatic heterocycles. The Labute approximate surface area is 229 Å². The molecule has 2 nitrogen and oxygen atoms in total. The summed E-state index contributed by atoms with van der Waals surface area (Å²) < 4.78 is 2.06. The normalized spacial score (nSPS) is 12.4. The Hall–Kier alpha value is -2.22. The molecule has 0 aliphatic carbocycles. The van der Waals surface area contributed by atoms with E-state index in [9.17, 15) is 0 Å². The zero-order valence-corrected chi connectivity index (χ0v) is 25.5. The van der Waals surface area contributed by atoms with Crippen LogP contribution in [0.1, 0.15) is 132 Å². The number of nitrogens with zero attached hydrogens (tertiary/aromatic N) is 2. The van der Waals surface area contributed by atoms with Gasteiger partial charge in [0, 0.05) is 13.0 Å². The largest absolute Gasteiger partial charge is 0.205 e. The highest BCUT2D eigenvalue weighted by atomic mass is 15.2. The number of azo groups is 2. The maximum atomic E-state index is 5.04. The van der Waals surface area contributed by atoms with Gasteiger partial charge in [0.25, 0.3) is 0 Å². The van der Waals surface area contributed by atoms with E-state index in [0.29, 0.717) is 0 Å². The van der Waals surface area contributed by atoms with E-state index in [-0.39, 0.29) is 0 Å². The average molecular weight is 504 g/mol. The van der Waals surface area contributed by atoms with E-state index in [1.165, 1.54) is 98.6 Å². The minimum atomic E-state index is 1.08. The lowest BCUT2D eigenvalue weighted by Gasteiger charge is -2.16. The number of benzene rings is 2. The van der Waals surface area contributed by atoms with E-state index < -0.39 is 0 Å². The molecule has 0 fully saturated rings. The van der Waals surface area contributed by atoms with Crippen molar-refractivity contribution in [2.75, 3.05) is 7.05 Å². The Morgan fingerprint density at radius 3 is 1.78 bits per heavy atom. The summed E-state index contributed by atoms with van der Waals surface area (Å²) in [6.07, 6.45) is 18.2. The van der Waals surface area contributed by atoms with Gasteiger partial charge in [-0.3, -0.25) is 0 Å². The SMILES string of the molecule is CCCCc1cc(N=[N+](C)C(C)=Cc2cc(CC)c(CCCC)c(CCCC)c2)cc(C)c1CCCC. The van der Waals surface area contributed by atoms with Crippen molar-refractivity contribution < 1.29 is 4.70 Å². The Kier molecular flexibility index (Phi) is 13.9. The number of hydrogen-bond acceptors (Lipinski definition) is 1. The van der Waals surface area contributed by atoms with Crippen molar-refractivity contribution in [2.24, 2.45) is 5.11 Å². The van der Waals surface area contributed by atoms with E-state index in [2.05, 4.69) is 90.6 Å². The van der Waals surface area contributed by atoms with Crippen molar-refractivity contribution in [1.82, 2.24) is 0 Å². The Morgan fingerprint density at radius 2 is 1.22 bits per heavy atom. The van der Waals surface area contributed by atoms with Gasteiger partial charge in [0.2, 0.25) is 5.70 Å². The molecule has 0 heterocycles. The van der Waals surface area contributed by atoms with Crippen LogP contribution in [0.3, 0.4) is 0 Å². The number of hydrogen-bond donors (Lipinski definition) is 0. The monoisotopic (exact) mass is 503 g/mol. The molecular formula is C35H55N2+. The van der Waals surface area contributed by atoms with E-state index in [4.69, 9.17) is 5.11 Å². The van der Waals surface area contributed by atoms with Gasteiger partial charge in [0.15, 0.2) is 7.05 Å². The molecule has 0 N–H and O–H groups in total. The summed E-state index contributed by atoms with van der Waals surface area (Å²) in [6.45, 7) is 15.9. The lowest BCUT2D eigenvalue weighted by molar-refractivity contribution is -0.510. The Bertz CT molecular complexity index is 1040. The first-order chi connectivity index (χ1) is 17.9. The second kappa shape index (κ2) is 16.6. The fourth-order valence-corrected chi connectivity index (χ4v) is 5.30. The van der Waals surface area contributed by atoms with Gasteiger partial charge in [-0.25, -0.2) is 0 Å². The van der Waals surface area contributed by atoms with Gasteiger partial charge in [0.1, 0.15) is 5.69 Å². The van der Waals surface area contributed by atoms with Crippen LogP contribution in [0.15, 0.2) is 35.1 Å². The molecule has 0 saturated heterocycles. The van der Waals surface area contributed by atoms with E-state index >= 15 is 0 Å². The third-order valence-electron chi connectivity index (χ3n) is 7.70. The first kappa shape index (κ1) is 31.0. The molecule has 0 radical (unpaired) electrons. The summed E-state index contributed by atoms with van der Waals surface area (Å²) >= 11 is 0. The third kappa shape index (κ3) is 9.55. The lowest BCUT2D eigenvalue weighted by atomic mass is 9.90. The maximum absolute atomic E-state index is 5.04. The lowest BCUT2D eigenvalue weighted by Crippen LogP contribution is -2.03. The summed E-state index contributed by atoms with van der Waals surface area (Å²) in [5.74, 6) is 0. The molecule has 0 unspecified atom stereocenters. The van der Waals surface area contributed by atoms with Gasteiger partial charge in [-0.2, -0.15) is 0 Å². The molecule has 0 spiro atoms. The summed E-state index contributed by atoms with van der Waals surface area (Å²) in [7, 11) is 2.09. The van der Waals surface area contributed by atoms with E-state index in [0.717, 1.165) is 18.5 Å². The topological polar surface area (TPSA) is 15.4 Å². The van der Waals surface area contributed by atoms with Gasteiger partial charge in [-0.15, -0.1) is 0 Å². The predicted molar refractivity (Wildman–Crippen MR) is 163 cm³/mol. The van der Waals surface area contributed by atoms with Crippen LogP contribution in [0.2, 0.25) is 0 Å². The van der Waals surface area contributed by atoms with Crippen LogP contribution < -0.4 is 0 Å². The second-order valence-electron chi connectivity index (χ2n) is 10.9. The molecule has 0 atom stereocenters. The summed E-state index contributed by atoms with van der Waals surface area (Å²) in [6, 6.07) is 9.50. The van der Waals surface area contributed by atoms with Crippen LogP contribution in [0.25, 0.3) is 6.08 Å². The first-order valence-electron chi connectivity index (χ1n) is 15.3. The highest BCUT2D eigenvalue weighted by Crippen LogP contribution is 2.28. The van der Waals surface area contributed by atoms with Gasteiger partial charge in [-0.05, 0) is 121 Å². The van der Waals surface area contributed by atoms with Crippen molar-refractivity contribution in [3.8, 4) is 0 Å². The average Bonchev–Trinajstić information content (AvgIpc) is 2.88. The summed E-state index contributed by atoms with van der Waals surface area (Å²) in [5, 5.41) is 5.04. The zero-order valence-electron chi connectivity index (χ0n) is 25.5. The quantitative estimate of drug-likeness (QED) is 0.160. The van der Waals surface area contributed by atoms with Crippen molar-refractivity contribution in [1.29, 1.82) is 0 Å². The van der Waals surface area contributed by atoms with E-state index in [1.54, 1.807) is 16.7 Å². The minimum Gasteiger partial charge on any atom is -0.0909 e. The van der Waals surface area contributed by atoms with Gasteiger partial charge >= 0.3 is 0 Å². The molecule has 2 rings (SSSR count). The van der Waals surface area contributed by atoms with Crippen molar-refractivity contribution in [2.45, 2.75) is 132 Å². The summed E-state index contributed by atoms with van der Waals surface area (Å²) in [4.78, 5) is 0. The van der Waals surface area contributed by atoms with Crippen LogP contribution in [0.4, 0.5) is 5.69 Å². The van der Waals surface area contributed by atoms with Gasteiger partial charge in [0.05, 0.1) is 0 Å². The van der Waals surface area contributed by atoms with Crippen LogP contribution >= 0.6 is 0 Å². The van der Waals surface area contributed by atoms with Crippen LogP contribution in [-0.4, -0.2) is 11.7 Å². The molecule has 204 valence electrons. The first-order valence-corrected chi connectivity index (χ1v) is 15.3. The van der Waals surface area contributed by atoms with E-state index in [1.807, 2.05) is 0 Å². The fraction of sp³-hybridized carbons (Fsp3) is 0.600. The van der Waals surface area contributed by atoms with Crippen molar-refractivity contribution in [3.05, 3.63) is 68.9 Å². The van der Waals surface area contributed by atoms with Crippen molar-refractivity contribution >= 4 is 11.8 Å². The predicted octanol–water partition coefficient (Wildman–Crippen LogP) is 10.7. The second-order valence-corrected chi connectivity index (χ2v) is 10.9. The number of allylic oxidation sites excluding steroid dienone is 1. The Balaban J connectivity index is 2.42. The van der Waals surface area contributed by atoms with Crippen molar-refractivity contribution in [3.63, 3.8) is 0 Å². The molecule has 0 bridgehead atoms. The smallest absolute Gasteiger partial charge is 0.0909 e. The molecule has 0 saturated carbocycles. The van der Waals surface area contributed by atoms with Crippen LogP contribution in [0.5, 0.6) is 0 Å². The molecular weight excluding hydrogens is 448 g/mol. The number of rotatable bonds is 16. The summed E-state index contributed by atoms with van der Waals surface area (Å²) in [5.41, 5.74) is 12.7. The number of unbranched alkanes of at least 4 members (excludes halogenated alkanes) is 4. The molecule has 0 aromatic heterocycles. The van der Waals surface area contributed by atoms with Crippen LogP contribution in [0, 0.1) is 6.92 Å². The molecule has 0 amide bonds.